The number of carboxylic acids is 1. The number of hydrogen-bond donors (Lipinski definition) is 19. The number of phenolic OH excluding ortho intramolecular Hbond substituents is 3. The van der Waals surface area contributed by atoms with Gasteiger partial charge in [0.1, 0.15) is 95.6 Å². The molecule has 0 radical (unpaired) electrons. The van der Waals surface area contributed by atoms with E-state index < -0.39 is 231 Å². The summed E-state index contributed by atoms with van der Waals surface area (Å²) < 4.78 is 38.0. The molecule has 18 atom stereocenters. The van der Waals surface area contributed by atoms with Gasteiger partial charge in [-0.1, -0.05) is 55.2 Å². The average molecular weight is 1450 g/mol. The Kier molecular flexibility index (Phi) is 22.2. The summed E-state index contributed by atoms with van der Waals surface area (Å²) in [4.78, 5) is 118. The van der Waals surface area contributed by atoms with Crippen LogP contribution in [0.5, 0.6) is 46.0 Å². The molecule has 7 heterocycles. The lowest BCUT2D eigenvalue weighted by atomic mass is 9.86. The number of carboxylic acid groups (broad SMARTS) is 1. The van der Waals surface area contributed by atoms with Crippen molar-refractivity contribution in [3.63, 3.8) is 0 Å². The summed E-state index contributed by atoms with van der Waals surface area (Å²) >= 11 is 14.2. The number of ether oxygens (including phenoxy) is 6. The van der Waals surface area contributed by atoms with Crippen molar-refractivity contribution in [2.24, 2.45) is 17.4 Å². The van der Waals surface area contributed by atoms with Crippen LogP contribution in [0.3, 0.4) is 0 Å². The molecule has 101 heavy (non-hydrogen) atoms. The van der Waals surface area contributed by atoms with Crippen molar-refractivity contribution in [1.82, 2.24) is 37.2 Å². The van der Waals surface area contributed by atoms with Crippen molar-refractivity contribution in [2.45, 2.75) is 156 Å². The number of primary amides is 1. The first kappa shape index (κ1) is 74.5. The molecule has 5 aromatic rings. The summed E-state index contributed by atoms with van der Waals surface area (Å²) in [6.45, 7) is 5.60. The first-order valence-electron chi connectivity index (χ1n) is 31.6. The second kappa shape index (κ2) is 30.2. The Balaban J connectivity index is 1.26. The molecule has 33 nitrogen and oxygen atoms in total. The number of aliphatic hydroxyl groups is 6. The van der Waals surface area contributed by atoms with Gasteiger partial charge in [0.05, 0.1) is 41.3 Å². The number of aromatic hydroxyl groups is 3. The molecule has 11 bridgehead atoms. The molecule has 0 aromatic heterocycles. The van der Waals surface area contributed by atoms with Gasteiger partial charge in [-0.05, 0) is 110 Å². The van der Waals surface area contributed by atoms with Crippen LogP contribution in [0.4, 0.5) is 0 Å². The highest BCUT2D eigenvalue weighted by Gasteiger charge is 2.49. The first-order valence-corrected chi connectivity index (χ1v) is 32.4. The zero-order chi connectivity index (χ0) is 73.5. The van der Waals surface area contributed by atoms with Crippen molar-refractivity contribution in [3.8, 4) is 57.1 Å². The van der Waals surface area contributed by atoms with E-state index in [9.17, 15) is 70.2 Å². The van der Waals surface area contributed by atoms with Gasteiger partial charge in [0.25, 0.3) is 0 Å². The minimum atomic E-state index is -2.35. The fourth-order valence-corrected chi connectivity index (χ4v) is 12.9. The number of nitrogens with one attached hydrogen (secondary N) is 7. The molecule has 7 aliphatic heterocycles. The standard InChI is InChI=1S/C66H75Cl2N9O24/c1-23(2)12-34(71-5)58(88)76-49-51(83)26-7-10-38(32(67)14-26)97-40-16-28-17-41(56(40)101-65-54(86)53(85)52(84)42(22-78)99-65)98-39-11-8-27(15-33(39)68)55(100-44-21-66(4,70)57(87)24(3)96-44)50-63(93)75-48(64(94)95)31-18-29(79)19-37(81)45(31)30-13-25(6-9-36(30)80)46(60(90)77-50)74-61(91)47(28)73-59(89)35(20-43(69)82)72-62(49)92/h6-11,13-19,23-24,34-35,42,44,46-55,57,65,71,78-81,83-87H,12,20-22,70H2,1-5H3,(H2,69,82)(H,72,92)(H,73,89)(H,74,91)(H,75,93)(H,76,88)(H,77,90)(H,94,95)/t24-,34+,35-,42+,44-,46?,47+,48+,49+,50?,51+,52+,53-,54+,55+,57-,65-,66-/m0/s1. The summed E-state index contributed by atoms with van der Waals surface area (Å²) in [6.07, 6.45) is -19.0. The summed E-state index contributed by atoms with van der Waals surface area (Å²) in [5.41, 5.74) is 8.15. The minimum Gasteiger partial charge on any atom is -0.508 e. The number of fused-ring (bicyclic) bond motifs is 15. The van der Waals surface area contributed by atoms with Crippen LogP contribution < -0.4 is 62.9 Å². The smallest absolute Gasteiger partial charge is 0.330 e. The van der Waals surface area contributed by atoms with E-state index in [0.717, 1.165) is 54.6 Å². The summed E-state index contributed by atoms with van der Waals surface area (Å²) in [5, 5.41) is 129. The molecule has 542 valence electrons. The van der Waals surface area contributed by atoms with Gasteiger partial charge in [0, 0.05) is 34.7 Å². The molecule has 7 amide bonds. The van der Waals surface area contributed by atoms with E-state index in [0.29, 0.717) is 0 Å². The van der Waals surface area contributed by atoms with Crippen LogP contribution in [0.25, 0.3) is 11.1 Å². The molecular formula is C66H75Cl2N9O24. The number of carbonyl (C=O) groups excluding carboxylic acids is 7. The van der Waals surface area contributed by atoms with Crippen LogP contribution in [-0.4, -0.2) is 191 Å². The number of amides is 7. The molecule has 7 aliphatic rings. The van der Waals surface area contributed by atoms with Gasteiger partial charge < -0.3 is 128 Å². The van der Waals surface area contributed by atoms with Crippen molar-refractivity contribution < 1.29 is 118 Å². The SMILES string of the molecule is CN[C@H](CC(C)C)C(=O)N[C@H]1C(=O)N[C@@H](CC(N)=O)C(=O)N[C@H]2C(=O)NC3C(=O)NC(C(=O)N[C@@H](C(=O)O)c4cc(O)cc(O)c4-c4cc3ccc4O)[C@H](O[C@H]3C[C@](C)(N)[C@@H](O)[C@H](C)O3)c3ccc(c(Cl)c3)Oc3cc2cc(c3O[C@@H]2O[C@H](CO)[C@@H](O)[C@H](O)[C@H]2O)Oc2ccc(cc2Cl)[C@H]1O. The van der Waals surface area contributed by atoms with Crippen molar-refractivity contribution in [1.29, 1.82) is 0 Å². The highest BCUT2D eigenvalue weighted by molar-refractivity contribution is 6.32. The quantitative estimate of drug-likeness (QED) is 0.0743. The van der Waals surface area contributed by atoms with Crippen molar-refractivity contribution >= 4 is 70.5 Å². The maximum absolute atomic E-state index is 16.1. The van der Waals surface area contributed by atoms with Crippen LogP contribution in [0.1, 0.15) is 105 Å². The number of phenols is 3. The van der Waals surface area contributed by atoms with Crippen LogP contribution in [0.15, 0.2) is 78.9 Å². The molecule has 0 aliphatic carbocycles. The van der Waals surface area contributed by atoms with E-state index in [2.05, 4.69) is 37.2 Å². The molecule has 0 saturated carbocycles. The van der Waals surface area contributed by atoms with Crippen LogP contribution >= 0.6 is 23.2 Å². The maximum Gasteiger partial charge on any atom is 0.330 e. The van der Waals surface area contributed by atoms with Crippen LogP contribution in [0.2, 0.25) is 10.0 Å². The number of rotatable bonds is 13. The predicted octanol–water partition coefficient (Wildman–Crippen LogP) is 0.106. The number of aliphatic hydroxyl groups excluding tert-OH is 6. The van der Waals surface area contributed by atoms with E-state index in [1.54, 1.807) is 0 Å². The third kappa shape index (κ3) is 15.8. The highest BCUT2D eigenvalue weighted by atomic mass is 35.5. The predicted molar refractivity (Wildman–Crippen MR) is 349 cm³/mol. The summed E-state index contributed by atoms with van der Waals surface area (Å²) in [7, 11) is 1.47. The zero-order valence-electron chi connectivity index (χ0n) is 54.3. The zero-order valence-corrected chi connectivity index (χ0v) is 55.8. The topological polar surface area (TPSA) is 530 Å². The lowest BCUT2D eigenvalue weighted by Gasteiger charge is -2.44. The Morgan fingerprint density at radius 1 is 0.713 bits per heavy atom. The molecule has 2 fully saturated rings. The first-order chi connectivity index (χ1) is 47.7. The molecule has 12 rings (SSSR count). The molecular weight excluding hydrogens is 1370 g/mol. The monoisotopic (exact) mass is 1450 g/mol. The number of hydrogen-bond acceptors (Lipinski definition) is 25. The Morgan fingerprint density at radius 3 is 1.93 bits per heavy atom. The average Bonchev–Trinajstić information content (AvgIpc) is 0.770. The molecule has 2 unspecified atom stereocenters. The second-order valence-electron chi connectivity index (χ2n) is 25.7. The second-order valence-corrected chi connectivity index (χ2v) is 26.5. The maximum atomic E-state index is 16.1. The molecule has 2 saturated heterocycles. The fourth-order valence-electron chi connectivity index (χ4n) is 12.5. The summed E-state index contributed by atoms with van der Waals surface area (Å²) in [6, 6.07) is -0.386. The van der Waals surface area contributed by atoms with Gasteiger partial charge in [0.2, 0.25) is 53.4 Å². The normalized spacial score (nSPS) is 29.4. The van der Waals surface area contributed by atoms with Gasteiger partial charge in [-0.2, -0.15) is 0 Å². The van der Waals surface area contributed by atoms with Crippen LogP contribution in [-0.2, 0) is 52.6 Å². The Labute approximate surface area is 584 Å². The van der Waals surface area contributed by atoms with Gasteiger partial charge in [0.15, 0.2) is 23.8 Å². The number of nitrogens with two attached hydrogens (primary N) is 2. The van der Waals surface area contributed by atoms with Gasteiger partial charge in [-0.25, -0.2) is 4.79 Å². The lowest BCUT2D eigenvalue weighted by molar-refractivity contribution is -0.277. The molecule has 0 spiro atoms. The number of carbonyl (C=O) groups is 8. The Bertz CT molecular complexity index is 4070. The molecule has 21 N–H and O–H groups in total. The number of aliphatic carboxylic acids is 1. The van der Waals surface area contributed by atoms with E-state index in [1.165, 1.54) is 45.2 Å². The molecule has 5 aromatic carbocycles. The van der Waals surface area contributed by atoms with Gasteiger partial charge >= 0.3 is 5.97 Å². The van der Waals surface area contributed by atoms with Crippen molar-refractivity contribution in [3.05, 3.63) is 117 Å². The number of benzene rings is 5. The summed E-state index contributed by atoms with van der Waals surface area (Å²) in [5.74, 6) is -16.0. The third-order valence-electron chi connectivity index (χ3n) is 17.8. The lowest BCUT2D eigenvalue weighted by Crippen LogP contribution is -2.61. The largest absolute Gasteiger partial charge is 0.508 e. The minimum absolute atomic E-state index is 0.0953. The van der Waals surface area contributed by atoms with E-state index in [-0.39, 0.29) is 52.0 Å². The Hall–Kier alpha value is -9.20. The van der Waals surface area contributed by atoms with Crippen molar-refractivity contribution in [2.75, 3.05) is 13.7 Å². The number of halogens is 2. The van der Waals surface area contributed by atoms with E-state index >= 15 is 19.2 Å². The van der Waals surface area contributed by atoms with E-state index in [1.807, 2.05) is 13.8 Å². The fraction of sp³-hybridized carbons (Fsp3) is 0.424. The number of likely N-dealkylation sites (N-methyl/N-ethyl adjacent to an activating group) is 1. The van der Waals surface area contributed by atoms with Gasteiger partial charge in [-0.15, -0.1) is 0 Å². The van der Waals surface area contributed by atoms with E-state index in [4.69, 9.17) is 63.1 Å². The van der Waals surface area contributed by atoms with Crippen LogP contribution in [0, 0.1) is 5.92 Å². The highest BCUT2D eigenvalue weighted by Crippen LogP contribution is 2.50. The Morgan fingerprint density at radius 2 is 1.33 bits per heavy atom. The molecule has 35 heteroatoms. The third-order valence-corrected chi connectivity index (χ3v) is 18.4. The van der Waals surface area contributed by atoms with Gasteiger partial charge in [-0.3, -0.25) is 33.6 Å².